The van der Waals surface area contributed by atoms with Gasteiger partial charge in [-0.2, -0.15) is 13.2 Å². The van der Waals surface area contributed by atoms with Gasteiger partial charge in [-0.3, -0.25) is 57.5 Å². The van der Waals surface area contributed by atoms with Gasteiger partial charge in [-0.15, -0.1) is 0 Å². The quantitative estimate of drug-likeness (QED) is 0.273. The van der Waals surface area contributed by atoms with Crippen molar-refractivity contribution in [2.45, 2.75) is 241 Å². The van der Waals surface area contributed by atoms with E-state index < -0.39 is 172 Å². The molecule has 10 atom stereocenters. The Morgan fingerprint density at radius 3 is 1.81 bits per heavy atom. The molecule has 12 amide bonds. The van der Waals surface area contributed by atoms with E-state index in [1.165, 1.54) is 94.5 Å². The molecular formula is C73H108ClF3N12O13. The van der Waals surface area contributed by atoms with Gasteiger partial charge in [-0.1, -0.05) is 102 Å². The van der Waals surface area contributed by atoms with Crippen LogP contribution in [-0.2, 0) is 74.9 Å². The Hall–Kier alpha value is -7.10. The van der Waals surface area contributed by atoms with Crippen LogP contribution in [0.4, 0.5) is 13.2 Å². The van der Waals surface area contributed by atoms with Crippen LogP contribution in [-0.4, -0.2) is 263 Å². The minimum absolute atomic E-state index is 0.0253. The Morgan fingerprint density at radius 2 is 1.24 bits per heavy atom. The fourth-order valence-corrected chi connectivity index (χ4v) is 17.4. The maximum atomic E-state index is 15.8. The van der Waals surface area contributed by atoms with E-state index in [0.717, 1.165) is 68.4 Å². The lowest BCUT2D eigenvalue weighted by Gasteiger charge is -2.45. The molecule has 4 saturated carbocycles. The highest BCUT2D eigenvalue weighted by atomic mass is 35.5. The van der Waals surface area contributed by atoms with E-state index in [1.807, 2.05) is 6.92 Å². The third-order valence-corrected chi connectivity index (χ3v) is 24.2. The van der Waals surface area contributed by atoms with Crippen LogP contribution in [0.2, 0.25) is 5.02 Å². The lowest BCUT2D eigenvalue weighted by Crippen LogP contribution is -2.65. The normalized spacial score (nSPS) is 29.2. The average Bonchev–Trinajstić information content (AvgIpc) is 1.46. The van der Waals surface area contributed by atoms with Crippen molar-refractivity contribution < 1.29 is 75.4 Å². The molecule has 9 rings (SSSR count). The van der Waals surface area contributed by atoms with Crippen molar-refractivity contribution in [3.63, 3.8) is 0 Å². The number of carbonyl (C=O) groups excluding carboxylic acids is 12. The molecule has 25 nitrogen and oxygen atoms in total. The predicted molar refractivity (Wildman–Crippen MR) is 371 cm³/mol. The Kier molecular flexibility index (Phi) is 26.5. The summed E-state index contributed by atoms with van der Waals surface area (Å²) in [5.74, 6) is -8.66. The fourth-order valence-electron chi connectivity index (χ4n) is 17.1. The van der Waals surface area contributed by atoms with E-state index in [4.69, 9.17) is 16.3 Å². The highest BCUT2D eigenvalue weighted by Gasteiger charge is 2.53. The van der Waals surface area contributed by atoms with Gasteiger partial charge in [-0.25, -0.2) is 0 Å². The molecule has 0 radical (unpaired) electrons. The number of rotatable bonds is 10. The summed E-state index contributed by atoms with van der Waals surface area (Å²) in [4.78, 5) is 193. The van der Waals surface area contributed by atoms with E-state index in [2.05, 4.69) is 16.0 Å². The summed E-state index contributed by atoms with van der Waals surface area (Å²) in [6.45, 7) is 5.48. The van der Waals surface area contributed by atoms with Crippen molar-refractivity contribution in [1.29, 1.82) is 0 Å². The number of nitrogens with one attached hydrogen (secondary N) is 3. The van der Waals surface area contributed by atoms with Gasteiger partial charge < -0.3 is 64.8 Å². The first-order valence-corrected chi connectivity index (χ1v) is 37.6. The summed E-state index contributed by atoms with van der Waals surface area (Å²) < 4.78 is 47.3. The molecule has 0 bridgehead atoms. The van der Waals surface area contributed by atoms with Gasteiger partial charge in [0, 0.05) is 68.5 Å². The van der Waals surface area contributed by atoms with Crippen LogP contribution in [0, 0.1) is 23.7 Å². The van der Waals surface area contributed by atoms with Gasteiger partial charge in [0.15, 0.2) is 0 Å². The maximum Gasteiger partial charge on any atom is 0.417 e. The van der Waals surface area contributed by atoms with Gasteiger partial charge in [-0.05, 0) is 125 Å². The van der Waals surface area contributed by atoms with Gasteiger partial charge in [0.2, 0.25) is 70.9 Å². The van der Waals surface area contributed by atoms with E-state index in [-0.39, 0.29) is 96.2 Å². The molecule has 4 saturated heterocycles. The maximum absolute atomic E-state index is 15.8. The lowest BCUT2D eigenvalue weighted by molar-refractivity contribution is -0.161. The van der Waals surface area contributed by atoms with Gasteiger partial charge in [0.05, 0.1) is 36.8 Å². The second-order valence-corrected chi connectivity index (χ2v) is 30.7. The summed E-state index contributed by atoms with van der Waals surface area (Å²) in [6, 6.07) is -7.69. The monoisotopic (exact) mass is 1450 g/mol. The molecule has 29 heteroatoms. The number of amides is 12. The van der Waals surface area contributed by atoms with Crippen molar-refractivity contribution in [2.24, 2.45) is 23.7 Å². The van der Waals surface area contributed by atoms with E-state index in [0.29, 0.717) is 56.9 Å². The van der Waals surface area contributed by atoms with Crippen LogP contribution in [0.3, 0.4) is 0 Å². The Bertz CT molecular complexity index is 3260. The first-order valence-electron chi connectivity index (χ1n) is 37.2. The Labute approximate surface area is 602 Å². The molecule has 1 aromatic rings. The Morgan fingerprint density at radius 1 is 0.637 bits per heavy atom. The number of halogens is 4. The minimum atomic E-state index is -4.76. The average molecular weight is 1450 g/mol. The number of alkyl halides is 3. The van der Waals surface area contributed by atoms with Crippen molar-refractivity contribution >= 4 is 82.5 Å². The number of likely N-dealkylation sites (N-methyl/N-ethyl adjacent to an activating group) is 6. The number of morpholine rings is 1. The molecule has 0 unspecified atom stereocenters. The van der Waals surface area contributed by atoms with Crippen molar-refractivity contribution in [3.8, 4) is 0 Å². The Balaban J connectivity index is 1.08. The molecule has 4 aliphatic carbocycles. The minimum Gasteiger partial charge on any atom is -0.378 e. The molecule has 3 N–H and O–H groups in total. The number of hydrogen-bond donors (Lipinski definition) is 3. The highest BCUT2D eigenvalue weighted by Crippen LogP contribution is 2.40. The molecule has 0 aromatic heterocycles. The lowest BCUT2D eigenvalue weighted by atomic mass is 9.90. The number of carbonyl (C=O) groups is 12. The van der Waals surface area contributed by atoms with Crippen LogP contribution >= 0.6 is 11.6 Å². The van der Waals surface area contributed by atoms with Crippen LogP contribution in [0.15, 0.2) is 18.2 Å². The van der Waals surface area contributed by atoms with Crippen LogP contribution < -0.4 is 16.0 Å². The summed E-state index contributed by atoms with van der Waals surface area (Å²) in [7, 11) is 8.76. The summed E-state index contributed by atoms with van der Waals surface area (Å²) >= 11 is 6.17. The van der Waals surface area contributed by atoms with Gasteiger partial charge in [0.25, 0.3) is 0 Å². The number of aryl methyl sites for hydroxylation is 1. The molecular weight excluding hydrogens is 1350 g/mol. The van der Waals surface area contributed by atoms with E-state index in [9.17, 15) is 37.1 Å². The molecule has 4 aliphatic heterocycles. The largest absolute Gasteiger partial charge is 0.417 e. The van der Waals surface area contributed by atoms with Crippen molar-refractivity contribution in [1.82, 2.24) is 60.0 Å². The van der Waals surface area contributed by atoms with Crippen LogP contribution in [0.25, 0.3) is 0 Å². The highest BCUT2D eigenvalue weighted by molar-refractivity contribution is 6.31. The zero-order valence-electron chi connectivity index (χ0n) is 61.0. The third kappa shape index (κ3) is 17.6. The third-order valence-electron chi connectivity index (χ3n) is 23.9. The standard InChI is InChI=1S/C73H108ClF3N12O13/c1-10-44(2)59-68(98)82(5)45(3)64(94)89-35-31-54(89)66(96)85(8)60(48-22-13-14-23-48)69(99)81(4)43-57(90)78-52(30-28-47-27-29-50(51(74)40-47)73(75,76)77)65(95)88-34-19-26-53(88)63(93)80-72(32-17-18-33-72)71(101)86(9)61(49-24-15-16-25-49)70(100)84(7)56(67(97)87-36-38-102-39-37-87)42-58(91)83(6)55(62(92)79-59)41-46-20-11-12-21-46/h27,29,40,44-46,48-49,52-56,59-61H,10-26,28,30-39,41-43H2,1-9H3,(H,78,90)(H,79,92)(H,80,93)/t44-,45-,52-,53-,54-,55-,56-,59-,60-,61-/m0/s1. The van der Waals surface area contributed by atoms with E-state index in [1.54, 1.807) is 6.92 Å². The molecule has 1 aromatic carbocycles. The second-order valence-electron chi connectivity index (χ2n) is 30.3. The van der Waals surface area contributed by atoms with E-state index >= 15 is 33.6 Å². The predicted octanol–water partition coefficient (Wildman–Crippen LogP) is 5.16. The van der Waals surface area contributed by atoms with Crippen molar-refractivity contribution in [2.75, 3.05) is 88.2 Å². The summed E-state index contributed by atoms with van der Waals surface area (Å²) in [5, 5.41) is 8.28. The molecule has 4 heterocycles. The first kappa shape index (κ1) is 79.0. The number of nitrogens with zero attached hydrogens (tertiary/aromatic N) is 9. The van der Waals surface area contributed by atoms with Crippen molar-refractivity contribution in [3.05, 3.63) is 34.3 Å². The summed E-state index contributed by atoms with van der Waals surface area (Å²) in [6.07, 6.45) is 5.74. The number of fused-ring (bicyclic) bond motifs is 2. The summed E-state index contributed by atoms with van der Waals surface area (Å²) in [5.41, 5.74) is -2.34. The van der Waals surface area contributed by atoms with Gasteiger partial charge >= 0.3 is 6.18 Å². The molecule has 1 spiro atoms. The zero-order chi connectivity index (χ0) is 74.2. The SMILES string of the molecule is CC[C@H](C)[C@@H]1NC(=O)[C@H](CC2CCCC2)N(C)C(=O)C[C@@H](C(=O)N2CCOCC2)N(C)C(=O)[C@H](C2CCCC2)N(C)C(=O)C2(CCCC2)NC(=O)[C@@H]2CCCN2C(=O)[C@H](CCc2ccc(C(F)(F)F)c(Cl)c2)NC(=O)CN(C)C(=O)[C@H](C2CCCC2)N(C)C(=O)[C@@H]2CCN2C(=O)[C@H](C)N(C)C1=O. The van der Waals surface area contributed by atoms with Crippen LogP contribution in [0.1, 0.15) is 180 Å². The van der Waals surface area contributed by atoms with Crippen LogP contribution in [0.5, 0.6) is 0 Å². The molecule has 8 fully saturated rings. The molecule has 8 aliphatic rings. The molecule has 566 valence electrons. The fraction of sp³-hybridized carbons (Fsp3) is 0.753. The second kappa shape index (κ2) is 34.2. The smallest absolute Gasteiger partial charge is 0.378 e. The van der Waals surface area contributed by atoms with Gasteiger partial charge in [0.1, 0.15) is 59.9 Å². The topological polar surface area (TPSA) is 279 Å². The molecule has 102 heavy (non-hydrogen) atoms. The number of benzene rings is 1. The first-order chi connectivity index (χ1) is 48.4. The number of ether oxygens (including phenoxy) is 1. The number of hydrogen-bond acceptors (Lipinski definition) is 13. The zero-order valence-corrected chi connectivity index (χ0v) is 61.8.